The smallest absolute Gasteiger partial charge is 0.138 e. The first-order valence-corrected chi connectivity index (χ1v) is 6.10. The zero-order chi connectivity index (χ0) is 11.8. The molecule has 0 bridgehead atoms. The summed E-state index contributed by atoms with van der Waals surface area (Å²) in [4.78, 5) is 11.6. The number of aromatic nitrogens is 3. The molecule has 0 fully saturated rings. The van der Waals surface area contributed by atoms with Crippen LogP contribution < -0.4 is 0 Å². The molecule has 17 heavy (non-hydrogen) atoms. The predicted octanol–water partition coefficient (Wildman–Crippen LogP) is 2.94. The van der Waals surface area contributed by atoms with Crippen LogP contribution in [0.4, 0.5) is 0 Å². The Kier molecular flexibility index (Phi) is 2.47. The van der Waals surface area contributed by atoms with Crippen LogP contribution in [0.25, 0.3) is 22.4 Å². The number of rotatable bonds is 1. The standard InChI is InChI=1S/C12H8IN3O/c13-8-2-1-7(5-11(8)17)12-15-9-3-4-14-6-10(9)16-12/h1-6,17H,(H,15,16). The van der Waals surface area contributed by atoms with Crippen molar-refractivity contribution >= 4 is 33.6 Å². The van der Waals surface area contributed by atoms with Gasteiger partial charge in [0.2, 0.25) is 0 Å². The Labute approximate surface area is 111 Å². The Balaban J connectivity index is 2.17. The van der Waals surface area contributed by atoms with Gasteiger partial charge < -0.3 is 10.1 Å². The lowest BCUT2D eigenvalue weighted by molar-refractivity contribution is 0.471. The van der Waals surface area contributed by atoms with E-state index in [1.807, 2.05) is 18.2 Å². The summed E-state index contributed by atoms with van der Waals surface area (Å²) < 4.78 is 0.823. The largest absolute Gasteiger partial charge is 0.507 e. The third-order valence-electron chi connectivity index (χ3n) is 2.50. The van der Waals surface area contributed by atoms with Gasteiger partial charge in [-0.2, -0.15) is 0 Å². The Morgan fingerprint density at radius 1 is 1.24 bits per heavy atom. The number of nitrogens with one attached hydrogen (secondary N) is 1. The molecule has 4 nitrogen and oxygen atoms in total. The molecule has 2 aromatic heterocycles. The number of aromatic amines is 1. The molecule has 0 saturated heterocycles. The van der Waals surface area contributed by atoms with Crippen molar-refractivity contribution in [2.75, 3.05) is 0 Å². The summed E-state index contributed by atoms with van der Waals surface area (Å²) in [5.74, 6) is 1.00. The van der Waals surface area contributed by atoms with Crippen LogP contribution in [0.15, 0.2) is 36.7 Å². The van der Waals surface area contributed by atoms with Gasteiger partial charge in [-0.15, -0.1) is 0 Å². The van der Waals surface area contributed by atoms with Crippen LogP contribution in [0.1, 0.15) is 0 Å². The summed E-state index contributed by atoms with van der Waals surface area (Å²) >= 11 is 2.08. The van der Waals surface area contributed by atoms with Crippen molar-refractivity contribution in [1.82, 2.24) is 15.0 Å². The molecule has 0 aliphatic carbocycles. The Hall–Kier alpha value is -1.63. The fraction of sp³-hybridized carbons (Fsp3) is 0. The Morgan fingerprint density at radius 2 is 2.12 bits per heavy atom. The molecule has 2 N–H and O–H groups in total. The minimum Gasteiger partial charge on any atom is -0.507 e. The molecule has 0 spiro atoms. The maximum atomic E-state index is 9.67. The number of fused-ring (bicyclic) bond motifs is 1. The van der Waals surface area contributed by atoms with Gasteiger partial charge in [0.05, 0.1) is 20.8 Å². The van der Waals surface area contributed by atoms with Crippen LogP contribution in [0.2, 0.25) is 0 Å². The highest BCUT2D eigenvalue weighted by Crippen LogP contribution is 2.26. The van der Waals surface area contributed by atoms with Crippen LogP contribution in [0, 0.1) is 3.57 Å². The van der Waals surface area contributed by atoms with Gasteiger partial charge in [0, 0.05) is 11.8 Å². The topological polar surface area (TPSA) is 61.8 Å². The van der Waals surface area contributed by atoms with E-state index in [9.17, 15) is 5.11 Å². The summed E-state index contributed by atoms with van der Waals surface area (Å²) in [6, 6.07) is 7.33. The molecule has 3 aromatic rings. The van der Waals surface area contributed by atoms with E-state index in [0.29, 0.717) is 0 Å². The summed E-state index contributed by atoms with van der Waals surface area (Å²) in [6.45, 7) is 0. The normalized spacial score (nSPS) is 10.9. The number of phenols is 1. The van der Waals surface area contributed by atoms with Crippen LogP contribution in [0.5, 0.6) is 5.75 Å². The highest BCUT2D eigenvalue weighted by molar-refractivity contribution is 14.1. The van der Waals surface area contributed by atoms with Gasteiger partial charge in [-0.05, 0) is 46.9 Å². The van der Waals surface area contributed by atoms with E-state index in [4.69, 9.17) is 0 Å². The van der Waals surface area contributed by atoms with E-state index in [2.05, 4.69) is 37.5 Å². The third kappa shape index (κ3) is 1.86. The van der Waals surface area contributed by atoms with Gasteiger partial charge in [-0.1, -0.05) is 0 Å². The lowest BCUT2D eigenvalue weighted by Crippen LogP contribution is -1.81. The SMILES string of the molecule is Oc1cc(-c2nc3ccncc3[nH]2)ccc1I. The summed E-state index contributed by atoms with van der Waals surface area (Å²) in [7, 11) is 0. The first kappa shape index (κ1) is 10.5. The molecule has 0 saturated carbocycles. The summed E-state index contributed by atoms with van der Waals surface area (Å²) in [6.07, 6.45) is 3.44. The number of phenolic OH excluding ortho intramolecular Hbond substituents is 1. The number of aromatic hydroxyl groups is 1. The predicted molar refractivity (Wildman–Crippen MR) is 73.7 cm³/mol. The maximum absolute atomic E-state index is 9.67. The van der Waals surface area contributed by atoms with E-state index < -0.39 is 0 Å². The number of imidazole rings is 1. The molecule has 0 amide bonds. The zero-order valence-electron chi connectivity index (χ0n) is 8.68. The van der Waals surface area contributed by atoms with Gasteiger partial charge in [-0.3, -0.25) is 4.98 Å². The molecule has 0 aliphatic heterocycles. The monoisotopic (exact) mass is 337 g/mol. The molecular formula is C12H8IN3O. The van der Waals surface area contributed by atoms with Crippen LogP contribution >= 0.6 is 22.6 Å². The lowest BCUT2D eigenvalue weighted by atomic mass is 10.2. The van der Waals surface area contributed by atoms with E-state index in [1.165, 1.54) is 0 Å². The number of pyridine rings is 1. The Bertz CT molecular complexity index is 660. The zero-order valence-corrected chi connectivity index (χ0v) is 10.8. The number of H-pyrrole nitrogens is 1. The molecule has 5 heteroatoms. The van der Waals surface area contributed by atoms with Gasteiger partial charge >= 0.3 is 0 Å². The van der Waals surface area contributed by atoms with Crippen LogP contribution in [0.3, 0.4) is 0 Å². The van der Waals surface area contributed by atoms with Crippen molar-refractivity contribution in [1.29, 1.82) is 0 Å². The van der Waals surface area contributed by atoms with Crippen LogP contribution in [-0.4, -0.2) is 20.1 Å². The van der Waals surface area contributed by atoms with E-state index >= 15 is 0 Å². The molecule has 0 unspecified atom stereocenters. The van der Waals surface area contributed by atoms with Crippen molar-refractivity contribution in [3.63, 3.8) is 0 Å². The average molecular weight is 337 g/mol. The van der Waals surface area contributed by atoms with Gasteiger partial charge in [-0.25, -0.2) is 4.98 Å². The van der Waals surface area contributed by atoms with Crippen molar-refractivity contribution in [3.8, 4) is 17.1 Å². The number of hydrogen-bond donors (Lipinski definition) is 2. The quantitative estimate of drug-likeness (QED) is 0.671. The summed E-state index contributed by atoms with van der Waals surface area (Å²) in [5, 5.41) is 9.67. The second-order valence-electron chi connectivity index (χ2n) is 3.64. The number of hydrogen-bond acceptors (Lipinski definition) is 3. The number of halogens is 1. The second-order valence-corrected chi connectivity index (χ2v) is 4.81. The number of benzene rings is 1. The highest BCUT2D eigenvalue weighted by Gasteiger charge is 2.07. The summed E-state index contributed by atoms with van der Waals surface area (Å²) in [5.41, 5.74) is 2.62. The van der Waals surface area contributed by atoms with Crippen LogP contribution in [-0.2, 0) is 0 Å². The minimum atomic E-state index is 0.265. The van der Waals surface area contributed by atoms with Crippen molar-refractivity contribution in [2.24, 2.45) is 0 Å². The first-order chi connectivity index (χ1) is 8.24. The van der Waals surface area contributed by atoms with Gasteiger partial charge in [0.1, 0.15) is 11.6 Å². The second kappa shape index (κ2) is 3.99. The third-order valence-corrected chi connectivity index (χ3v) is 3.42. The molecular weight excluding hydrogens is 329 g/mol. The van der Waals surface area contributed by atoms with Crippen molar-refractivity contribution in [2.45, 2.75) is 0 Å². The number of nitrogens with zero attached hydrogens (tertiary/aromatic N) is 2. The lowest BCUT2D eigenvalue weighted by Gasteiger charge is -1.99. The van der Waals surface area contributed by atoms with Crippen molar-refractivity contribution in [3.05, 3.63) is 40.2 Å². The fourth-order valence-electron chi connectivity index (χ4n) is 1.65. The van der Waals surface area contributed by atoms with E-state index in [-0.39, 0.29) is 5.75 Å². The molecule has 0 atom stereocenters. The van der Waals surface area contributed by atoms with Gasteiger partial charge in [0.25, 0.3) is 0 Å². The molecule has 0 aliphatic rings. The molecule has 1 aromatic carbocycles. The molecule has 2 heterocycles. The first-order valence-electron chi connectivity index (χ1n) is 5.02. The maximum Gasteiger partial charge on any atom is 0.138 e. The average Bonchev–Trinajstić information content (AvgIpc) is 2.76. The fourth-order valence-corrected chi connectivity index (χ4v) is 1.99. The minimum absolute atomic E-state index is 0.265. The van der Waals surface area contributed by atoms with E-state index in [0.717, 1.165) is 26.0 Å². The highest BCUT2D eigenvalue weighted by atomic mass is 127. The van der Waals surface area contributed by atoms with Gasteiger partial charge in [0.15, 0.2) is 0 Å². The molecule has 84 valence electrons. The van der Waals surface area contributed by atoms with Crippen molar-refractivity contribution < 1.29 is 5.11 Å². The molecule has 3 rings (SSSR count). The molecule has 0 radical (unpaired) electrons. The van der Waals surface area contributed by atoms with E-state index in [1.54, 1.807) is 18.5 Å². The Morgan fingerprint density at radius 3 is 2.88 bits per heavy atom.